The number of β-amino-alcohol motifs (C(OH)–C–C–N with tert-alkyl or cyclic N) is 1. The first kappa shape index (κ1) is 12.3. The van der Waals surface area contributed by atoms with Crippen molar-refractivity contribution in [2.24, 2.45) is 11.3 Å². The number of ether oxygens (including phenoxy) is 1. The molecule has 2 aliphatic rings. The van der Waals surface area contributed by atoms with Gasteiger partial charge in [0.1, 0.15) is 5.60 Å². The Bertz CT molecular complexity index is 255. The molecule has 2 rings (SSSR count). The van der Waals surface area contributed by atoms with Crippen molar-refractivity contribution in [3.63, 3.8) is 0 Å². The summed E-state index contributed by atoms with van der Waals surface area (Å²) in [6, 6.07) is 0. The minimum absolute atomic E-state index is 0.0128. The lowest BCUT2D eigenvalue weighted by Gasteiger charge is -2.48. The van der Waals surface area contributed by atoms with Gasteiger partial charge in [-0.2, -0.15) is 0 Å². The van der Waals surface area contributed by atoms with Crippen LogP contribution >= 0.6 is 0 Å². The molecule has 94 valence electrons. The molecule has 2 fully saturated rings. The Kier molecular flexibility index (Phi) is 3.06. The van der Waals surface area contributed by atoms with Crippen LogP contribution in [0.25, 0.3) is 0 Å². The zero-order chi connectivity index (χ0) is 12.0. The summed E-state index contributed by atoms with van der Waals surface area (Å²) < 4.78 is 5.46. The molecule has 0 amide bonds. The predicted octanol–water partition coefficient (Wildman–Crippen LogP) is 1.50. The van der Waals surface area contributed by atoms with Crippen molar-refractivity contribution in [2.75, 3.05) is 26.2 Å². The van der Waals surface area contributed by atoms with Crippen LogP contribution in [-0.2, 0) is 4.74 Å². The van der Waals surface area contributed by atoms with Gasteiger partial charge in [-0.05, 0) is 18.3 Å². The normalized spacial score (nSPS) is 37.7. The van der Waals surface area contributed by atoms with E-state index in [4.69, 9.17) is 4.74 Å². The Morgan fingerprint density at radius 1 is 1.38 bits per heavy atom. The summed E-state index contributed by atoms with van der Waals surface area (Å²) >= 11 is 0. The highest BCUT2D eigenvalue weighted by Gasteiger charge is 2.44. The molecule has 3 nitrogen and oxygen atoms in total. The summed E-state index contributed by atoms with van der Waals surface area (Å²) in [5.74, 6) is 0.772. The molecule has 2 atom stereocenters. The maximum Gasteiger partial charge on any atom is 0.105 e. The molecule has 0 aromatic heterocycles. The fourth-order valence-electron chi connectivity index (χ4n) is 2.61. The summed E-state index contributed by atoms with van der Waals surface area (Å²) in [7, 11) is 0. The van der Waals surface area contributed by atoms with E-state index in [0.717, 1.165) is 32.0 Å². The van der Waals surface area contributed by atoms with Gasteiger partial charge < -0.3 is 9.84 Å². The van der Waals surface area contributed by atoms with Crippen molar-refractivity contribution < 1.29 is 9.84 Å². The molecule has 1 N–H and O–H groups in total. The van der Waals surface area contributed by atoms with E-state index >= 15 is 0 Å². The van der Waals surface area contributed by atoms with Crippen molar-refractivity contribution in [1.82, 2.24) is 4.90 Å². The lowest BCUT2D eigenvalue weighted by molar-refractivity contribution is -0.0813. The van der Waals surface area contributed by atoms with Gasteiger partial charge in [0.05, 0.1) is 6.10 Å². The van der Waals surface area contributed by atoms with Gasteiger partial charge in [-0.1, -0.05) is 20.8 Å². The molecule has 0 radical (unpaired) electrons. The van der Waals surface area contributed by atoms with Gasteiger partial charge in [0, 0.05) is 32.7 Å². The average molecular weight is 227 g/mol. The number of hydrogen-bond acceptors (Lipinski definition) is 3. The number of aliphatic hydroxyl groups is 1. The van der Waals surface area contributed by atoms with Crippen LogP contribution in [0.15, 0.2) is 0 Å². The SMILES string of the molecule is CC1OCCC1(O)CN1CC(C(C)(C)C)C1. The molecule has 16 heavy (non-hydrogen) atoms. The molecule has 0 aliphatic carbocycles. The van der Waals surface area contributed by atoms with Crippen molar-refractivity contribution in [1.29, 1.82) is 0 Å². The van der Waals surface area contributed by atoms with Gasteiger partial charge in [-0.15, -0.1) is 0 Å². The van der Waals surface area contributed by atoms with Gasteiger partial charge in [0.25, 0.3) is 0 Å². The van der Waals surface area contributed by atoms with Gasteiger partial charge in [-0.3, -0.25) is 4.90 Å². The van der Waals surface area contributed by atoms with E-state index in [9.17, 15) is 5.11 Å². The largest absolute Gasteiger partial charge is 0.386 e. The van der Waals surface area contributed by atoms with E-state index in [0.29, 0.717) is 12.0 Å². The maximum atomic E-state index is 10.4. The number of hydrogen-bond donors (Lipinski definition) is 1. The number of nitrogens with zero attached hydrogens (tertiary/aromatic N) is 1. The maximum absolute atomic E-state index is 10.4. The molecule has 0 aromatic carbocycles. The minimum Gasteiger partial charge on any atom is -0.386 e. The van der Waals surface area contributed by atoms with Crippen LogP contribution in [0.3, 0.4) is 0 Å². The topological polar surface area (TPSA) is 32.7 Å². The second kappa shape index (κ2) is 3.97. The fourth-order valence-corrected chi connectivity index (χ4v) is 2.61. The molecule has 0 bridgehead atoms. The third-order valence-corrected chi connectivity index (χ3v) is 4.34. The molecule has 2 unspecified atom stereocenters. The molecule has 0 aromatic rings. The van der Waals surface area contributed by atoms with Crippen LogP contribution in [0.4, 0.5) is 0 Å². The monoisotopic (exact) mass is 227 g/mol. The smallest absolute Gasteiger partial charge is 0.105 e. The van der Waals surface area contributed by atoms with Gasteiger partial charge >= 0.3 is 0 Å². The van der Waals surface area contributed by atoms with Crippen LogP contribution in [0.2, 0.25) is 0 Å². The molecule has 0 saturated carbocycles. The van der Waals surface area contributed by atoms with Crippen LogP contribution in [-0.4, -0.2) is 48.0 Å². The highest BCUT2D eigenvalue weighted by atomic mass is 16.5. The second-order valence-electron chi connectivity index (χ2n) is 6.62. The fraction of sp³-hybridized carbons (Fsp3) is 1.00. The summed E-state index contributed by atoms with van der Waals surface area (Å²) in [6.07, 6.45) is 0.770. The van der Waals surface area contributed by atoms with Crippen molar-refractivity contribution in [2.45, 2.75) is 45.8 Å². The first-order valence-corrected chi connectivity index (χ1v) is 6.37. The first-order valence-electron chi connectivity index (χ1n) is 6.37. The molecular formula is C13H25NO2. The third kappa shape index (κ3) is 2.27. The molecule has 2 saturated heterocycles. The van der Waals surface area contributed by atoms with Crippen LogP contribution in [0.5, 0.6) is 0 Å². The zero-order valence-electron chi connectivity index (χ0n) is 11.0. The zero-order valence-corrected chi connectivity index (χ0v) is 11.0. The van der Waals surface area contributed by atoms with Crippen molar-refractivity contribution >= 4 is 0 Å². The number of rotatable bonds is 2. The quantitative estimate of drug-likeness (QED) is 0.776. The van der Waals surface area contributed by atoms with E-state index in [-0.39, 0.29) is 6.10 Å². The van der Waals surface area contributed by atoms with Gasteiger partial charge in [0.15, 0.2) is 0 Å². The van der Waals surface area contributed by atoms with E-state index < -0.39 is 5.60 Å². The predicted molar refractivity (Wildman–Crippen MR) is 64.4 cm³/mol. The van der Waals surface area contributed by atoms with E-state index in [1.165, 1.54) is 0 Å². The Morgan fingerprint density at radius 2 is 2.00 bits per heavy atom. The molecule has 2 aliphatic heterocycles. The second-order valence-corrected chi connectivity index (χ2v) is 6.62. The number of likely N-dealkylation sites (tertiary alicyclic amines) is 1. The Labute approximate surface area is 98.8 Å². The van der Waals surface area contributed by atoms with E-state index in [2.05, 4.69) is 25.7 Å². The third-order valence-electron chi connectivity index (χ3n) is 4.34. The summed E-state index contributed by atoms with van der Waals surface area (Å²) in [6.45, 7) is 12.6. The van der Waals surface area contributed by atoms with Crippen molar-refractivity contribution in [3.8, 4) is 0 Å². The highest BCUT2D eigenvalue weighted by molar-refractivity contribution is 4.97. The summed E-state index contributed by atoms with van der Waals surface area (Å²) in [5, 5.41) is 10.4. The van der Waals surface area contributed by atoms with E-state index in [1.54, 1.807) is 0 Å². The van der Waals surface area contributed by atoms with Crippen molar-refractivity contribution in [3.05, 3.63) is 0 Å². The molecule has 3 heteroatoms. The first-order chi connectivity index (χ1) is 7.31. The van der Waals surface area contributed by atoms with Crippen LogP contribution in [0, 0.1) is 11.3 Å². The molecular weight excluding hydrogens is 202 g/mol. The van der Waals surface area contributed by atoms with Crippen LogP contribution in [0.1, 0.15) is 34.1 Å². The lowest BCUT2D eigenvalue weighted by atomic mass is 9.75. The summed E-state index contributed by atoms with van der Waals surface area (Å²) in [5.41, 5.74) is -0.209. The summed E-state index contributed by atoms with van der Waals surface area (Å²) in [4.78, 5) is 2.36. The standard InChI is InChI=1S/C13H25NO2/c1-10-13(15,5-6-16-10)9-14-7-11(8-14)12(2,3)4/h10-11,15H,5-9H2,1-4H3. The Balaban J connectivity index is 1.81. The van der Waals surface area contributed by atoms with Gasteiger partial charge in [-0.25, -0.2) is 0 Å². The average Bonchev–Trinajstić information content (AvgIpc) is 2.38. The minimum atomic E-state index is -0.608. The highest BCUT2D eigenvalue weighted by Crippen LogP contribution is 2.36. The van der Waals surface area contributed by atoms with E-state index in [1.807, 2.05) is 6.92 Å². The molecule has 0 spiro atoms. The van der Waals surface area contributed by atoms with Gasteiger partial charge in [0.2, 0.25) is 0 Å². The van der Waals surface area contributed by atoms with Crippen LogP contribution < -0.4 is 0 Å². The molecule has 2 heterocycles. The Morgan fingerprint density at radius 3 is 2.44 bits per heavy atom. The lowest BCUT2D eigenvalue weighted by Crippen LogP contribution is -2.58. The Hall–Kier alpha value is -0.120.